The molecule has 5 aromatic heterocycles. The molecule has 7 nitrogen and oxygen atoms in total. The molecule has 0 bridgehead atoms. The van der Waals surface area contributed by atoms with Crippen molar-refractivity contribution >= 4 is 65.4 Å². The summed E-state index contributed by atoms with van der Waals surface area (Å²) in [5.74, 6) is 1.73. The van der Waals surface area contributed by atoms with Gasteiger partial charge in [0.05, 0.1) is 44.5 Å². The third-order valence-electron chi connectivity index (χ3n) is 19.4. The normalized spacial score (nSPS) is 11.7. The third kappa shape index (κ3) is 9.65. The minimum atomic E-state index is 0.554. The largest absolute Gasteiger partial charge is 0.309 e. The lowest BCUT2D eigenvalue weighted by Gasteiger charge is -2.25. The highest BCUT2D eigenvalue weighted by molar-refractivity contribution is 6.13. The molecule has 0 N–H and O–H groups in total. The number of aromatic nitrogens is 7. The zero-order valence-corrected chi connectivity index (χ0v) is 54.1. The van der Waals surface area contributed by atoms with Gasteiger partial charge in [0.1, 0.15) is 0 Å². The predicted molar refractivity (Wildman–Crippen MR) is 403 cm³/mol. The second-order valence-corrected chi connectivity index (χ2v) is 25.6. The molecular formula is C90H63N7. The van der Waals surface area contributed by atoms with Crippen LogP contribution in [0.1, 0.15) is 22.3 Å². The van der Waals surface area contributed by atoms with Crippen LogP contribution in [0.15, 0.2) is 309 Å². The average Bonchev–Trinajstić information content (AvgIpc) is 1.37. The molecule has 0 amide bonds. The SMILES string of the molecule is Cc1ccc2c(c1)c1ccccc1n2-c1ccc(-c2nc(-c3ccc(-n4c5ccccc5c5cc(C)ccc54)cc3)c(-c3ccccc3C)c(-c3ccccc3-c3nc(-c4ccccc4)nc(-c4ccccc4)n3)c2-c2ccc(-n3c4ccccc4c4cc(C)ccc43)cc2)cc1. The van der Waals surface area contributed by atoms with Crippen LogP contribution in [0.3, 0.4) is 0 Å². The molecule has 5 heterocycles. The summed E-state index contributed by atoms with van der Waals surface area (Å²) in [6.07, 6.45) is 0. The zero-order chi connectivity index (χ0) is 64.8. The highest BCUT2D eigenvalue weighted by atomic mass is 15.0. The van der Waals surface area contributed by atoms with Gasteiger partial charge in [0, 0.05) is 93.9 Å². The van der Waals surface area contributed by atoms with Gasteiger partial charge in [-0.2, -0.15) is 0 Å². The molecule has 0 fully saturated rings. The molecule has 0 saturated heterocycles. The summed E-state index contributed by atoms with van der Waals surface area (Å²) in [5, 5.41) is 7.35. The highest BCUT2D eigenvalue weighted by Crippen LogP contribution is 2.52. The number of benzene rings is 13. The number of aryl methyl sites for hydroxylation is 4. The molecule has 0 saturated carbocycles. The van der Waals surface area contributed by atoms with Gasteiger partial charge in [0.15, 0.2) is 17.5 Å². The minimum absolute atomic E-state index is 0.554. The smallest absolute Gasteiger partial charge is 0.164 e. The minimum Gasteiger partial charge on any atom is -0.309 e. The first-order valence-electron chi connectivity index (χ1n) is 33.2. The van der Waals surface area contributed by atoms with E-state index in [1.54, 1.807) is 0 Å². The van der Waals surface area contributed by atoms with E-state index in [9.17, 15) is 0 Å². The number of rotatable bonds is 11. The number of fused-ring (bicyclic) bond motifs is 9. The van der Waals surface area contributed by atoms with Crippen molar-refractivity contribution in [2.45, 2.75) is 27.7 Å². The van der Waals surface area contributed by atoms with E-state index in [1.807, 2.05) is 36.4 Å². The Labute approximate surface area is 562 Å². The molecule has 0 unspecified atom stereocenters. The van der Waals surface area contributed by atoms with Gasteiger partial charge in [-0.15, -0.1) is 0 Å². The van der Waals surface area contributed by atoms with Crippen LogP contribution in [0.4, 0.5) is 0 Å². The molecule has 13 aromatic carbocycles. The first-order chi connectivity index (χ1) is 47.8. The van der Waals surface area contributed by atoms with Gasteiger partial charge in [-0.05, 0) is 141 Å². The van der Waals surface area contributed by atoms with Gasteiger partial charge >= 0.3 is 0 Å². The summed E-state index contributed by atoms with van der Waals surface area (Å²) in [6.45, 7) is 8.73. The molecule has 7 heteroatoms. The van der Waals surface area contributed by atoms with Crippen molar-refractivity contribution in [3.8, 4) is 107 Å². The fourth-order valence-corrected chi connectivity index (χ4v) is 14.9. The lowest BCUT2D eigenvalue weighted by Crippen LogP contribution is -2.05. The van der Waals surface area contributed by atoms with Crippen LogP contribution < -0.4 is 0 Å². The number of pyridine rings is 1. The third-order valence-corrected chi connectivity index (χ3v) is 19.4. The van der Waals surface area contributed by atoms with E-state index in [-0.39, 0.29) is 0 Å². The topological polar surface area (TPSA) is 66.3 Å². The Morgan fingerprint density at radius 1 is 0.216 bits per heavy atom. The van der Waals surface area contributed by atoms with Crippen LogP contribution >= 0.6 is 0 Å². The van der Waals surface area contributed by atoms with Crippen LogP contribution in [-0.2, 0) is 0 Å². The van der Waals surface area contributed by atoms with Crippen molar-refractivity contribution in [1.82, 2.24) is 33.6 Å². The van der Waals surface area contributed by atoms with Gasteiger partial charge < -0.3 is 13.7 Å². The Hall–Kier alpha value is -12.6. The Bertz CT molecular complexity index is 6080. The van der Waals surface area contributed by atoms with Crippen molar-refractivity contribution in [3.63, 3.8) is 0 Å². The number of hydrogen-bond acceptors (Lipinski definition) is 4. The van der Waals surface area contributed by atoms with Crippen LogP contribution in [0.25, 0.3) is 173 Å². The number of nitrogens with zero attached hydrogens (tertiary/aromatic N) is 7. The first kappa shape index (κ1) is 57.1. The molecular weight excluding hydrogens is 1180 g/mol. The Morgan fingerprint density at radius 2 is 0.557 bits per heavy atom. The van der Waals surface area contributed by atoms with Gasteiger partial charge in [-0.25, -0.2) is 19.9 Å². The molecule has 0 aliphatic carbocycles. The van der Waals surface area contributed by atoms with Crippen LogP contribution in [-0.4, -0.2) is 33.6 Å². The zero-order valence-electron chi connectivity index (χ0n) is 54.1. The van der Waals surface area contributed by atoms with Crippen LogP contribution in [0.5, 0.6) is 0 Å². The van der Waals surface area contributed by atoms with Gasteiger partial charge in [-0.3, -0.25) is 0 Å². The average molecular weight is 1240 g/mol. The number of para-hydroxylation sites is 3. The summed E-state index contributed by atoms with van der Waals surface area (Å²) < 4.78 is 7.19. The molecule has 18 aromatic rings. The standard InChI is InChI=1S/C90H63N7/c1-56-35-50-80-74(53-56)69-27-15-18-32-77(69)95(80)65-44-38-60(39-45-65)83-84(72-30-13-14-31-73(72)90-93-88(63-22-7-5-8-23-63)92-89(94-90)64-24-9-6-10-25-64)85(68-26-12-11-21-59(68)4)87(62-42-48-67(49-43-62)97-79-34-20-17-29-71(79)76-55-58(3)37-52-82(76)97)91-86(83)61-40-46-66(47-41-61)96-78-33-19-16-28-70(78)75-54-57(2)36-51-81(75)96/h5-55H,1-4H3. The van der Waals surface area contributed by atoms with Crippen molar-refractivity contribution < 1.29 is 0 Å². The fourth-order valence-electron chi connectivity index (χ4n) is 14.9. The van der Waals surface area contributed by atoms with Gasteiger partial charge in [0.2, 0.25) is 0 Å². The summed E-state index contributed by atoms with van der Waals surface area (Å²) >= 11 is 0. The van der Waals surface area contributed by atoms with Gasteiger partial charge in [0.25, 0.3) is 0 Å². The lowest BCUT2D eigenvalue weighted by molar-refractivity contribution is 1.07. The maximum absolute atomic E-state index is 6.21. The highest BCUT2D eigenvalue weighted by Gasteiger charge is 2.30. The van der Waals surface area contributed by atoms with Crippen molar-refractivity contribution in [2.75, 3.05) is 0 Å². The fraction of sp³-hybridized carbons (Fsp3) is 0.0444. The monoisotopic (exact) mass is 1240 g/mol. The van der Waals surface area contributed by atoms with Crippen LogP contribution in [0.2, 0.25) is 0 Å². The second-order valence-electron chi connectivity index (χ2n) is 25.6. The predicted octanol–water partition coefficient (Wildman–Crippen LogP) is 23.1. The molecule has 0 radical (unpaired) electrons. The summed E-state index contributed by atoms with van der Waals surface area (Å²) in [5.41, 5.74) is 27.1. The number of hydrogen-bond donors (Lipinski definition) is 0. The second kappa shape index (κ2) is 23.2. The Kier molecular flexibility index (Phi) is 13.6. The maximum atomic E-state index is 6.21. The van der Waals surface area contributed by atoms with Crippen molar-refractivity contribution in [1.29, 1.82) is 0 Å². The van der Waals surface area contributed by atoms with E-state index in [2.05, 4.69) is 314 Å². The summed E-state index contributed by atoms with van der Waals surface area (Å²) in [7, 11) is 0. The molecule has 0 spiro atoms. The van der Waals surface area contributed by atoms with E-state index >= 15 is 0 Å². The van der Waals surface area contributed by atoms with E-state index in [1.165, 1.54) is 49.0 Å². The molecule has 0 aliphatic heterocycles. The molecule has 18 rings (SSSR count). The van der Waals surface area contributed by atoms with Crippen LogP contribution in [0, 0.1) is 27.7 Å². The molecule has 97 heavy (non-hydrogen) atoms. The van der Waals surface area contributed by atoms with E-state index in [4.69, 9.17) is 19.9 Å². The van der Waals surface area contributed by atoms with Crippen molar-refractivity contribution in [3.05, 3.63) is 332 Å². The van der Waals surface area contributed by atoms with E-state index in [0.29, 0.717) is 17.5 Å². The van der Waals surface area contributed by atoms with E-state index in [0.717, 1.165) is 128 Å². The van der Waals surface area contributed by atoms with Gasteiger partial charge in [-0.1, -0.05) is 235 Å². The quantitative estimate of drug-likeness (QED) is 0.129. The molecule has 0 aliphatic rings. The molecule has 0 atom stereocenters. The summed E-state index contributed by atoms with van der Waals surface area (Å²) in [4.78, 5) is 22.4. The Morgan fingerprint density at radius 3 is 0.990 bits per heavy atom. The van der Waals surface area contributed by atoms with E-state index < -0.39 is 0 Å². The lowest BCUT2D eigenvalue weighted by atomic mass is 9.81. The first-order valence-corrected chi connectivity index (χ1v) is 33.2. The molecule has 458 valence electrons. The maximum Gasteiger partial charge on any atom is 0.164 e. The Balaban J connectivity index is 0.947. The summed E-state index contributed by atoms with van der Waals surface area (Å²) in [6, 6.07) is 112. The van der Waals surface area contributed by atoms with Crippen molar-refractivity contribution in [2.24, 2.45) is 0 Å².